The standard InChI is InChI=1S/C37H53NO7/c1-29(2)13-9-16-32(5)19-10-17-30(3)14-7-8-15-31(4)18-11-20-33(6)21-26-36(39)43-27-12-28-44-37(40)45-35-24-22-34(23-25-35)38(41)42/h13-15,19-20,22-25H,7-12,16-18,21,26-28H2,1-6H3/b30-14+,31-15+,32-19+,33-20+. The van der Waals surface area contributed by atoms with E-state index in [9.17, 15) is 19.7 Å². The van der Waals surface area contributed by atoms with Crippen LogP contribution in [0.4, 0.5) is 10.5 Å². The van der Waals surface area contributed by atoms with Crippen LogP contribution in [0.3, 0.4) is 0 Å². The number of nitro benzene ring substituents is 1. The Labute approximate surface area is 270 Å². The monoisotopic (exact) mass is 623 g/mol. The lowest BCUT2D eigenvalue weighted by atomic mass is 10.0. The van der Waals surface area contributed by atoms with Gasteiger partial charge in [-0.3, -0.25) is 14.9 Å². The highest BCUT2D eigenvalue weighted by atomic mass is 16.7. The molecule has 0 heterocycles. The predicted molar refractivity (Wildman–Crippen MR) is 181 cm³/mol. The number of ether oxygens (including phenoxy) is 3. The number of allylic oxidation sites excluding steroid dienone is 10. The third-order valence-electron chi connectivity index (χ3n) is 7.05. The lowest BCUT2D eigenvalue weighted by molar-refractivity contribution is -0.384. The molecule has 0 aliphatic rings. The van der Waals surface area contributed by atoms with Crippen molar-refractivity contribution in [2.24, 2.45) is 0 Å². The van der Waals surface area contributed by atoms with Crippen LogP contribution >= 0.6 is 0 Å². The van der Waals surface area contributed by atoms with Crippen molar-refractivity contribution < 1.29 is 28.7 Å². The number of nitrogens with zero attached hydrogens (tertiary/aromatic N) is 1. The van der Waals surface area contributed by atoms with E-state index in [0.29, 0.717) is 19.3 Å². The molecule has 0 bridgehead atoms. The van der Waals surface area contributed by atoms with E-state index in [-0.39, 0.29) is 30.6 Å². The first kappa shape index (κ1) is 39.1. The second-order valence-electron chi connectivity index (χ2n) is 11.7. The molecule has 0 saturated heterocycles. The summed E-state index contributed by atoms with van der Waals surface area (Å²) in [7, 11) is 0. The summed E-state index contributed by atoms with van der Waals surface area (Å²) in [6.45, 7) is 13.1. The van der Waals surface area contributed by atoms with E-state index in [1.807, 2.05) is 6.92 Å². The molecule has 0 unspecified atom stereocenters. The summed E-state index contributed by atoms with van der Waals surface area (Å²) in [6.07, 6.45) is 20.5. The molecule has 8 nitrogen and oxygen atoms in total. The summed E-state index contributed by atoms with van der Waals surface area (Å²) in [5, 5.41) is 10.7. The summed E-state index contributed by atoms with van der Waals surface area (Å²) in [5.41, 5.74) is 6.77. The molecule has 0 radical (unpaired) electrons. The van der Waals surface area contributed by atoms with Crippen LogP contribution in [-0.2, 0) is 14.3 Å². The Hall–Kier alpha value is -3.94. The number of carbonyl (C=O) groups excluding carboxylic acids is 2. The Bertz CT molecular complexity index is 1220. The smallest absolute Gasteiger partial charge is 0.466 e. The summed E-state index contributed by atoms with van der Waals surface area (Å²) in [5.74, 6) is -0.151. The van der Waals surface area contributed by atoms with Gasteiger partial charge in [-0.15, -0.1) is 0 Å². The number of benzene rings is 1. The van der Waals surface area contributed by atoms with Crippen molar-refractivity contribution in [2.75, 3.05) is 13.2 Å². The Morgan fingerprint density at radius 3 is 1.62 bits per heavy atom. The minimum atomic E-state index is -0.927. The SMILES string of the molecule is CC(C)=CCC/C(C)=C/CC/C(C)=C/CC/C=C(\C)CC/C=C(\C)CCC(=O)OCCCOC(=O)Oc1ccc([N+](=O)[O-])cc1. The van der Waals surface area contributed by atoms with Crippen molar-refractivity contribution >= 4 is 17.8 Å². The summed E-state index contributed by atoms with van der Waals surface area (Å²) >= 11 is 0. The Morgan fingerprint density at radius 1 is 0.644 bits per heavy atom. The van der Waals surface area contributed by atoms with Crippen LogP contribution in [0, 0.1) is 10.1 Å². The molecule has 45 heavy (non-hydrogen) atoms. The fourth-order valence-electron chi connectivity index (χ4n) is 4.28. The van der Waals surface area contributed by atoms with E-state index in [2.05, 4.69) is 65.0 Å². The number of hydrogen-bond acceptors (Lipinski definition) is 7. The molecule has 0 aliphatic heterocycles. The second-order valence-corrected chi connectivity index (χ2v) is 11.7. The third kappa shape index (κ3) is 21.4. The predicted octanol–water partition coefficient (Wildman–Crippen LogP) is 10.7. The van der Waals surface area contributed by atoms with Gasteiger partial charge in [-0.25, -0.2) is 4.79 Å². The zero-order valence-electron chi connectivity index (χ0n) is 28.2. The van der Waals surface area contributed by atoms with Crippen LogP contribution < -0.4 is 4.74 Å². The lowest BCUT2D eigenvalue weighted by Crippen LogP contribution is -2.13. The minimum absolute atomic E-state index is 0.0233. The van der Waals surface area contributed by atoms with Gasteiger partial charge in [0.25, 0.3) is 5.69 Å². The molecule has 0 spiro atoms. The van der Waals surface area contributed by atoms with Gasteiger partial charge >= 0.3 is 12.1 Å². The fraction of sp³-hybridized carbons (Fsp3) is 0.514. The fourth-order valence-corrected chi connectivity index (χ4v) is 4.28. The van der Waals surface area contributed by atoms with Crippen LogP contribution in [0.25, 0.3) is 0 Å². The van der Waals surface area contributed by atoms with Gasteiger partial charge in [0.2, 0.25) is 0 Å². The largest absolute Gasteiger partial charge is 0.513 e. The first-order chi connectivity index (χ1) is 21.5. The van der Waals surface area contributed by atoms with Crippen LogP contribution in [0.15, 0.2) is 82.5 Å². The lowest BCUT2D eigenvalue weighted by Gasteiger charge is -2.07. The normalized spacial score (nSPS) is 12.5. The van der Waals surface area contributed by atoms with Gasteiger partial charge in [0, 0.05) is 25.0 Å². The number of non-ortho nitro benzene ring substituents is 1. The Balaban J connectivity index is 2.14. The highest BCUT2D eigenvalue weighted by Gasteiger charge is 2.10. The summed E-state index contributed by atoms with van der Waals surface area (Å²) in [6, 6.07) is 5.09. The quantitative estimate of drug-likeness (QED) is 0.0335. The van der Waals surface area contributed by atoms with E-state index < -0.39 is 11.1 Å². The molecular formula is C37H53NO7. The van der Waals surface area contributed by atoms with Crippen molar-refractivity contribution in [3.05, 3.63) is 92.6 Å². The van der Waals surface area contributed by atoms with Gasteiger partial charge in [-0.05, 0) is 111 Å². The van der Waals surface area contributed by atoms with E-state index in [0.717, 1.165) is 56.9 Å². The van der Waals surface area contributed by atoms with Gasteiger partial charge in [0.1, 0.15) is 5.75 Å². The number of esters is 1. The second kappa shape index (κ2) is 23.4. The Kier molecular flexibility index (Phi) is 20.4. The molecule has 0 N–H and O–H groups in total. The van der Waals surface area contributed by atoms with E-state index in [1.165, 1.54) is 46.6 Å². The molecule has 248 valence electrons. The summed E-state index contributed by atoms with van der Waals surface area (Å²) < 4.78 is 15.1. The van der Waals surface area contributed by atoms with Crippen molar-refractivity contribution in [2.45, 2.75) is 112 Å². The first-order valence-corrected chi connectivity index (χ1v) is 16.0. The van der Waals surface area contributed by atoms with Gasteiger partial charge in [-0.2, -0.15) is 0 Å². The molecule has 0 aliphatic carbocycles. The summed E-state index contributed by atoms with van der Waals surface area (Å²) in [4.78, 5) is 33.9. The zero-order valence-corrected chi connectivity index (χ0v) is 28.2. The number of unbranched alkanes of at least 4 members (excludes halogenated alkanes) is 1. The Morgan fingerprint density at radius 2 is 1.11 bits per heavy atom. The van der Waals surface area contributed by atoms with Gasteiger partial charge in [0.15, 0.2) is 0 Å². The van der Waals surface area contributed by atoms with Crippen molar-refractivity contribution in [3.8, 4) is 5.75 Å². The van der Waals surface area contributed by atoms with Crippen LogP contribution in [0.2, 0.25) is 0 Å². The van der Waals surface area contributed by atoms with Crippen LogP contribution in [0.1, 0.15) is 112 Å². The highest BCUT2D eigenvalue weighted by Crippen LogP contribution is 2.18. The average molecular weight is 624 g/mol. The molecule has 8 heteroatoms. The maximum absolute atomic E-state index is 12.0. The average Bonchev–Trinajstić information content (AvgIpc) is 2.98. The molecule has 0 aromatic heterocycles. The number of hydrogen-bond donors (Lipinski definition) is 0. The highest BCUT2D eigenvalue weighted by molar-refractivity contribution is 5.69. The molecular weight excluding hydrogens is 570 g/mol. The zero-order chi connectivity index (χ0) is 33.5. The molecule has 0 saturated carbocycles. The van der Waals surface area contributed by atoms with Crippen LogP contribution in [-0.4, -0.2) is 30.3 Å². The van der Waals surface area contributed by atoms with Gasteiger partial charge in [-0.1, -0.05) is 58.2 Å². The molecule has 0 atom stereocenters. The minimum Gasteiger partial charge on any atom is -0.466 e. The van der Waals surface area contributed by atoms with Crippen molar-refractivity contribution in [3.63, 3.8) is 0 Å². The molecule has 0 amide bonds. The first-order valence-electron chi connectivity index (χ1n) is 16.0. The van der Waals surface area contributed by atoms with E-state index >= 15 is 0 Å². The number of carbonyl (C=O) groups is 2. The number of nitro groups is 1. The molecule has 1 aromatic rings. The van der Waals surface area contributed by atoms with Gasteiger partial charge < -0.3 is 14.2 Å². The number of rotatable bonds is 21. The van der Waals surface area contributed by atoms with E-state index in [1.54, 1.807) is 0 Å². The van der Waals surface area contributed by atoms with Crippen molar-refractivity contribution in [1.29, 1.82) is 0 Å². The topological polar surface area (TPSA) is 105 Å². The molecule has 0 fully saturated rings. The van der Waals surface area contributed by atoms with E-state index in [4.69, 9.17) is 14.2 Å². The maximum Gasteiger partial charge on any atom is 0.513 e. The van der Waals surface area contributed by atoms with Gasteiger partial charge in [0.05, 0.1) is 18.1 Å². The molecule has 1 rings (SSSR count). The van der Waals surface area contributed by atoms with Crippen LogP contribution in [0.5, 0.6) is 5.75 Å². The third-order valence-corrected chi connectivity index (χ3v) is 7.05. The molecule has 1 aromatic carbocycles. The maximum atomic E-state index is 12.0. The van der Waals surface area contributed by atoms with Crippen molar-refractivity contribution in [1.82, 2.24) is 0 Å².